The maximum atomic E-state index is 13.1. The maximum Gasteiger partial charge on any atom is 0.309 e. The minimum absolute atomic E-state index is 0.00482. The first-order chi connectivity index (χ1) is 40.2. The van der Waals surface area contributed by atoms with Crippen LogP contribution in [0.5, 0.6) is 0 Å². The van der Waals surface area contributed by atoms with Gasteiger partial charge in [0.05, 0.1) is 78.0 Å². The summed E-state index contributed by atoms with van der Waals surface area (Å²) < 4.78 is 99.7. The SMILES string of the molecule is CC[C@@H](C)C(=O)O[C@@H](C)[C@]1(O)CC[C@]2(O)[C@@H]3CC[C@H]4C[C@@H](O[C@H]5C[C@H](O)[C@H](O[C@H]6C[C@H](OC)[C@H](O[C@H]7C[C@@H](OC)[C@H](O[C@H]8C[C@@H](OC)[C@H](O[C@@H]9O[C@H](C)[C@@H](O)[C@H](OC)[C@H]9O)[C@@H](C)O8)[C@@H](C)O7)[C@@H](C)O6)[C@@H](C)O5)CC[C@]4(C)[C@H]3C[C@@H](OC(C)=O)[C@]12C. The Bertz CT molecular complexity index is 2200. The number of hydrogen-bond acceptors (Lipinski definition) is 23. The van der Waals surface area contributed by atoms with Gasteiger partial charge in [0.2, 0.25) is 0 Å². The summed E-state index contributed by atoms with van der Waals surface area (Å²) >= 11 is 0. The molecule has 0 unspecified atom stereocenters. The number of rotatable bonds is 19. The monoisotopic (exact) mass is 1220 g/mol. The van der Waals surface area contributed by atoms with Gasteiger partial charge in [-0.3, -0.25) is 9.59 Å². The third kappa shape index (κ3) is 12.9. The smallest absolute Gasteiger partial charge is 0.309 e. The molecule has 4 aliphatic carbocycles. The normalized spacial score (nSPS) is 50.9. The number of carbonyl (C=O) groups is 2. The summed E-state index contributed by atoms with van der Waals surface area (Å²) in [5.74, 6) is -1.17. The van der Waals surface area contributed by atoms with Crippen LogP contribution >= 0.6 is 0 Å². The van der Waals surface area contributed by atoms with Crippen molar-refractivity contribution < 1.29 is 111 Å². The second-order valence-corrected chi connectivity index (χ2v) is 27.0. The molecule has 5 heterocycles. The van der Waals surface area contributed by atoms with Crippen LogP contribution in [-0.2, 0) is 85.4 Å². The summed E-state index contributed by atoms with van der Waals surface area (Å²) in [7, 11) is 6.22. The summed E-state index contributed by atoms with van der Waals surface area (Å²) in [5, 5.41) is 58.9. The van der Waals surface area contributed by atoms with Crippen molar-refractivity contribution >= 4 is 11.9 Å². The molecule has 0 spiro atoms. The highest BCUT2D eigenvalue weighted by Gasteiger charge is 2.77. The predicted molar refractivity (Wildman–Crippen MR) is 300 cm³/mol. The number of methoxy groups -OCH3 is 4. The van der Waals surface area contributed by atoms with Gasteiger partial charge in [0.1, 0.15) is 60.5 Å². The van der Waals surface area contributed by atoms with Crippen LogP contribution < -0.4 is 0 Å². The second kappa shape index (κ2) is 27.2. The molecule has 5 N–H and O–H groups in total. The zero-order valence-corrected chi connectivity index (χ0v) is 52.9. The number of carbonyl (C=O) groups excluding carboxylic acids is 2. The van der Waals surface area contributed by atoms with Gasteiger partial charge in [-0.1, -0.05) is 27.7 Å². The Morgan fingerprint density at radius 2 is 1.08 bits per heavy atom. The molecule has 0 radical (unpaired) electrons. The van der Waals surface area contributed by atoms with Crippen LogP contribution in [0, 0.1) is 34.5 Å². The third-order valence-electron chi connectivity index (χ3n) is 22.4. The summed E-state index contributed by atoms with van der Waals surface area (Å²) in [6.45, 7) is 20.1. The fourth-order valence-electron chi connectivity index (χ4n) is 17.0. The Labute approximate surface area is 502 Å². The highest BCUT2D eigenvalue weighted by Crippen LogP contribution is 2.71. The van der Waals surface area contributed by atoms with Gasteiger partial charge in [-0.2, -0.15) is 0 Å². The third-order valence-corrected chi connectivity index (χ3v) is 22.4. The van der Waals surface area contributed by atoms with E-state index in [1.165, 1.54) is 14.0 Å². The standard InChI is InChI=1S/C62H104O23/c1-16-29(2)57(67)79-35(8)61(68)21-22-62(69)39-18-17-37-23-38(19-20-59(37,10)40(39)24-45(60(61,62)11)80-36(9)63)81-46-25-41(64)52(31(4)74-46)82-47-26-42(70-12)53(32(5)75-47)83-48-27-43(71-13)54(33(6)76-48)84-49-28-44(72-14)55(34(7)77-49)85-58-51(66)56(73-15)50(65)30(3)78-58/h29-35,37-56,58,64-66,68-69H,16-28H2,1-15H3/t29-,30-,31-,32-,33-,34-,35+,37+,38+,39-,40+,41+,42+,43-,44-,45-,46+,47+,48+,49+,50-,51-,52-,53-,54-,55-,56+,58+,59+,60-,61-,62+/m1/s1. The van der Waals surface area contributed by atoms with Crippen molar-refractivity contribution in [1.82, 2.24) is 0 Å². The molecule has 0 amide bonds. The van der Waals surface area contributed by atoms with Crippen LogP contribution in [-0.4, -0.2) is 225 Å². The van der Waals surface area contributed by atoms with Crippen LogP contribution in [0.1, 0.15) is 160 Å². The lowest BCUT2D eigenvalue weighted by Crippen LogP contribution is -2.72. The molecule has 9 fully saturated rings. The molecule has 4 saturated carbocycles. The molecule has 0 aromatic carbocycles. The maximum absolute atomic E-state index is 13.1. The number of aliphatic hydroxyl groups excluding tert-OH is 3. The van der Waals surface area contributed by atoms with Crippen LogP contribution in [0.2, 0.25) is 0 Å². The molecule has 9 rings (SSSR count). The van der Waals surface area contributed by atoms with E-state index in [9.17, 15) is 35.1 Å². The van der Waals surface area contributed by atoms with Crippen LogP contribution in [0.25, 0.3) is 0 Å². The molecular formula is C62H104O23. The van der Waals surface area contributed by atoms with E-state index in [1.54, 1.807) is 42.1 Å². The zero-order valence-electron chi connectivity index (χ0n) is 52.9. The molecule has 23 heteroatoms. The van der Waals surface area contributed by atoms with Crippen molar-refractivity contribution in [2.45, 2.75) is 318 Å². The van der Waals surface area contributed by atoms with E-state index >= 15 is 0 Å². The number of aliphatic hydroxyl groups is 5. The average molecular weight is 1220 g/mol. The fourth-order valence-corrected chi connectivity index (χ4v) is 17.0. The van der Waals surface area contributed by atoms with Gasteiger partial charge in [-0.15, -0.1) is 0 Å². The first-order valence-corrected chi connectivity index (χ1v) is 31.7. The predicted octanol–water partition coefficient (Wildman–Crippen LogP) is 4.75. The lowest BCUT2D eigenvalue weighted by Gasteiger charge is -2.66. The van der Waals surface area contributed by atoms with E-state index in [1.807, 2.05) is 41.5 Å². The fraction of sp³-hybridized carbons (Fsp3) is 0.968. The highest BCUT2D eigenvalue weighted by atomic mass is 16.8. The molecule has 490 valence electrons. The van der Waals surface area contributed by atoms with Crippen molar-refractivity contribution in [3.05, 3.63) is 0 Å². The quantitative estimate of drug-likeness (QED) is 0.0862. The Morgan fingerprint density at radius 3 is 1.59 bits per heavy atom. The molecule has 5 saturated heterocycles. The van der Waals surface area contributed by atoms with Crippen molar-refractivity contribution in [2.75, 3.05) is 28.4 Å². The Kier molecular flexibility index (Phi) is 21.6. The largest absolute Gasteiger partial charge is 0.462 e. The molecule has 32 atom stereocenters. The van der Waals surface area contributed by atoms with Crippen molar-refractivity contribution in [3.63, 3.8) is 0 Å². The van der Waals surface area contributed by atoms with Crippen LogP contribution in [0.15, 0.2) is 0 Å². The average Bonchev–Trinajstić information content (AvgIpc) is 1.61. The van der Waals surface area contributed by atoms with E-state index in [0.717, 1.165) is 32.1 Å². The minimum Gasteiger partial charge on any atom is -0.462 e. The van der Waals surface area contributed by atoms with E-state index < -0.39 is 170 Å². The number of hydrogen-bond donors (Lipinski definition) is 5. The van der Waals surface area contributed by atoms with Crippen LogP contribution in [0.3, 0.4) is 0 Å². The molecule has 23 nitrogen and oxygen atoms in total. The van der Waals surface area contributed by atoms with E-state index in [2.05, 4.69) is 6.92 Å². The van der Waals surface area contributed by atoms with Gasteiger partial charge in [-0.25, -0.2) is 0 Å². The molecule has 9 aliphatic rings. The number of fused-ring (bicyclic) bond motifs is 5. The summed E-state index contributed by atoms with van der Waals surface area (Å²) in [6.07, 6.45) is -9.89. The van der Waals surface area contributed by atoms with Gasteiger partial charge in [0, 0.05) is 61.0 Å². The van der Waals surface area contributed by atoms with E-state index in [-0.39, 0.29) is 48.0 Å². The molecular weight excluding hydrogens is 1110 g/mol. The van der Waals surface area contributed by atoms with Crippen molar-refractivity contribution in [1.29, 1.82) is 0 Å². The summed E-state index contributed by atoms with van der Waals surface area (Å²) in [4.78, 5) is 25.9. The highest BCUT2D eigenvalue weighted by molar-refractivity contribution is 5.72. The summed E-state index contributed by atoms with van der Waals surface area (Å²) in [6, 6.07) is 0. The van der Waals surface area contributed by atoms with E-state index in [0.29, 0.717) is 38.5 Å². The number of ether oxygens (including phenoxy) is 16. The van der Waals surface area contributed by atoms with E-state index in [4.69, 9.17) is 75.8 Å². The number of esters is 2. The Balaban J connectivity index is 0.749. The van der Waals surface area contributed by atoms with Gasteiger partial charge in [0.25, 0.3) is 0 Å². The zero-order chi connectivity index (χ0) is 61.8. The lowest BCUT2D eigenvalue weighted by molar-refractivity contribution is -0.357. The van der Waals surface area contributed by atoms with Gasteiger partial charge in [-0.05, 0) is 122 Å². The van der Waals surface area contributed by atoms with Crippen LogP contribution in [0.4, 0.5) is 0 Å². The summed E-state index contributed by atoms with van der Waals surface area (Å²) in [5.41, 5.74) is -4.52. The second-order valence-electron chi connectivity index (χ2n) is 27.0. The van der Waals surface area contributed by atoms with Crippen molar-refractivity contribution in [2.24, 2.45) is 34.5 Å². The molecule has 0 bridgehead atoms. The minimum atomic E-state index is -1.63. The molecule has 5 aliphatic heterocycles. The first kappa shape index (κ1) is 67.6. The topological polar surface area (TPSA) is 283 Å². The lowest BCUT2D eigenvalue weighted by atomic mass is 9.42. The molecule has 85 heavy (non-hydrogen) atoms. The Hall–Kier alpha value is -1.82. The Morgan fingerprint density at radius 1 is 0.565 bits per heavy atom. The van der Waals surface area contributed by atoms with Gasteiger partial charge < -0.3 is 101 Å². The molecule has 0 aromatic rings. The van der Waals surface area contributed by atoms with Gasteiger partial charge in [0.15, 0.2) is 31.5 Å². The van der Waals surface area contributed by atoms with Crippen molar-refractivity contribution in [3.8, 4) is 0 Å². The molecule has 0 aromatic heterocycles. The first-order valence-electron chi connectivity index (χ1n) is 31.7. The van der Waals surface area contributed by atoms with Gasteiger partial charge >= 0.3 is 11.9 Å².